The Bertz CT molecular complexity index is 566. The highest BCUT2D eigenvalue weighted by Crippen LogP contribution is 2.37. The Morgan fingerprint density at radius 2 is 1.29 bits per heavy atom. The van der Waals surface area contributed by atoms with Crippen molar-refractivity contribution in [2.75, 3.05) is 32.2 Å². The minimum atomic E-state index is -0.0441. The van der Waals surface area contributed by atoms with E-state index in [9.17, 15) is 0 Å². The second-order valence-corrected chi connectivity index (χ2v) is 5.48. The average molecular weight is 283 g/mol. The summed E-state index contributed by atoms with van der Waals surface area (Å²) in [4.78, 5) is 2.09. The number of ether oxygens (including phenoxy) is 2. The molecule has 3 rings (SSSR count). The van der Waals surface area contributed by atoms with Crippen molar-refractivity contribution in [1.82, 2.24) is 0 Å². The van der Waals surface area contributed by atoms with Crippen molar-refractivity contribution in [3.05, 3.63) is 65.7 Å². The molecular formula is C18H21NO2. The number of hydrogen-bond acceptors (Lipinski definition) is 3. The molecule has 0 spiro atoms. The van der Waals surface area contributed by atoms with E-state index in [2.05, 4.69) is 41.3 Å². The lowest BCUT2D eigenvalue weighted by atomic mass is 9.97. The molecule has 0 aromatic heterocycles. The van der Waals surface area contributed by atoms with Crippen LogP contribution in [0.15, 0.2) is 54.6 Å². The standard InChI is InChI=1S/C18H21NO2/c1-19(2)16-10-8-15(9-11-16)18-17(20-12-13-21-18)14-6-4-3-5-7-14/h3-11,17-18H,12-13H2,1-2H3. The maximum absolute atomic E-state index is 5.99. The van der Waals surface area contributed by atoms with E-state index in [1.165, 1.54) is 11.3 Å². The maximum Gasteiger partial charge on any atom is 0.113 e. The van der Waals surface area contributed by atoms with Crippen LogP contribution in [0.25, 0.3) is 0 Å². The Balaban J connectivity index is 1.87. The molecular weight excluding hydrogens is 262 g/mol. The van der Waals surface area contributed by atoms with Gasteiger partial charge in [-0.15, -0.1) is 0 Å². The largest absolute Gasteiger partial charge is 0.378 e. The zero-order valence-electron chi connectivity index (χ0n) is 12.5. The van der Waals surface area contributed by atoms with Gasteiger partial charge in [0.2, 0.25) is 0 Å². The molecule has 1 aliphatic heterocycles. The topological polar surface area (TPSA) is 21.7 Å². The normalized spacial score (nSPS) is 22.0. The second-order valence-electron chi connectivity index (χ2n) is 5.48. The number of nitrogens with zero attached hydrogens (tertiary/aromatic N) is 1. The molecule has 1 saturated heterocycles. The van der Waals surface area contributed by atoms with E-state index in [-0.39, 0.29) is 12.2 Å². The summed E-state index contributed by atoms with van der Waals surface area (Å²) in [5.74, 6) is 0. The van der Waals surface area contributed by atoms with Crippen molar-refractivity contribution in [2.45, 2.75) is 12.2 Å². The fourth-order valence-corrected chi connectivity index (χ4v) is 2.67. The van der Waals surface area contributed by atoms with Gasteiger partial charge in [-0.2, -0.15) is 0 Å². The average Bonchev–Trinajstić information content (AvgIpc) is 2.56. The molecule has 2 unspecified atom stereocenters. The minimum absolute atomic E-state index is 0.0369. The fraction of sp³-hybridized carbons (Fsp3) is 0.333. The number of anilines is 1. The summed E-state index contributed by atoms with van der Waals surface area (Å²) in [6.45, 7) is 1.29. The van der Waals surface area contributed by atoms with Crippen LogP contribution >= 0.6 is 0 Å². The van der Waals surface area contributed by atoms with E-state index >= 15 is 0 Å². The molecule has 2 aromatic rings. The van der Waals surface area contributed by atoms with Gasteiger partial charge >= 0.3 is 0 Å². The molecule has 0 saturated carbocycles. The van der Waals surface area contributed by atoms with Crippen molar-refractivity contribution in [3.8, 4) is 0 Å². The van der Waals surface area contributed by atoms with Crippen molar-refractivity contribution >= 4 is 5.69 Å². The molecule has 3 nitrogen and oxygen atoms in total. The Hall–Kier alpha value is -1.84. The molecule has 2 aromatic carbocycles. The zero-order chi connectivity index (χ0) is 14.7. The predicted octanol–water partition coefficient (Wildman–Crippen LogP) is 3.58. The van der Waals surface area contributed by atoms with Gasteiger partial charge in [0, 0.05) is 19.8 Å². The molecule has 0 radical (unpaired) electrons. The van der Waals surface area contributed by atoms with Gasteiger partial charge in [-0.3, -0.25) is 0 Å². The summed E-state index contributed by atoms with van der Waals surface area (Å²) in [5.41, 5.74) is 3.51. The number of hydrogen-bond donors (Lipinski definition) is 0. The fourth-order valence-electron chi connectivity index (χ4n) is 2.67. The van der Waals surface area contributed by atoms with Gasteiger partial charge < -0.3 is 14.4 Å². The zero-order valence-corrected chi connectivity index (χ0v) is 12.5. The lowest BCUT2D eigenvalue weighted by Crippen LogP contribution is -2.26. The third-order valence-corrected chi connectivity index (χ3v) is 3.82. The Labute approximate surface area is 126 Å². The van der Waals surface area contributed by atoms with Crippen molar-refractivity contribution < 1.29 is 9.47 Å². The lowest BCUT2D eigenvalue weighted by Gasteiger charge is -2.32. The van der Waals surface area contributed by atoms with E-state index in [0.29, 0.717) is 13.2 Å². The summed E-state index contributed by atoms with van der Waals surface area (Å²) < 4.78 is 12.0. The van der Waals surface area contributed by atoms with Gasteiger partial charge in [0.25, 0.3) is 0 Å². The highest BCUT2D eigenvalue weighted by Gasteiger charge is 2.29. The highest BCUT2D eigenvalue weighted by molar-refractivity contribution is 5.46. The molecule has 1 heterocycles. The molecule has 2 atom stereocenters. The smallest absolute Gasteiger partial charge is 0.113 e. The Morgan fingerprint density at radius 1 is 0.762 bits per heavy atom. The number of benzene rings is 2. The summed E-state index contributed by atoms with van der Waals surface area (Å²) in [5, 5.41) is 0. The molecule has 1 aliphatic rings. The van der Waals surface area contributed by atoms with Crippen LogP contribution in [0, 0.1) is 0 Å². The first-order valence-corrected chi connectivity index (χ1v) is 7.31. The van der Waals surface area contributed by atoms with E-state index in [1.54, 1.807) is 0 Å². The quantitative estimate of drug-likeness (QED) is 0.859. The minimum Gasteiger partial charge on any atom is -0.378 e. The van der Waals surface area contributed by atoms with Gasteiger partial charge in [0.05, 0.1) is 13.2 Å². The van der Waals surface area contributed by atoms with Gasteiger partial charge in [-0.1, -0.05) is 42.5 Å². The van der Waals surface area contributed by atoms with Gasteiger partial charge in [-0.25, -0.2) is 0 Å². The summed E-state index contributed by atoms with van der Waals surface area (Å²) in [6.07, 6.45) is -0.0810. The van der Waals surface area contributed by atoms with Gasteiger partial charge in [0.1, 0.15) is 12.2 Å². The number of rotatable bonds is 3. The van der Waals surface area contributed by atoms with Gasteiger partial charge in [-0.05, 0) is 23.3 Å². The van der Waals surface area contributed by atoms with Crippen LogP contribution in [-0.2, 0) is 9.47 Å². The second kappa shape index (κ2) is 6.29. The van der Waals surface area contributed by atoms with Crippen LogP contribution in [0.3, 0.4) is 0 Å². The van der Waals surface area contributed by atoms with E-state index in [1.807, 2.05) is 32.3 Å². The predicted molar refractivity (Wildman–Crippen MR) is 84.6 cm³/mol. The molecule has 3 heteroatoms. The summed E-state index contributed by atoms with van der Waals surface area (Å²) in [7, 11) is 4.09. The molecule has 0 aliphatic carbocycles. The SMILES string of the molecule is CN(C)c1ccc(C2OCCOC2c2ccccc2)cc1. The van der Waals surface area contributed by atoms with Crippen LogP contribution in [0.1, 0.15) is 23.3 Å². The first-order chi connectivity index (χ1) is 10.3. The van der Waals surface area contributed by atoms with Crippen molar-refractivity contribution in [2.24, 2.45) is 0 Å². The summed E-state index contributed by atoms with van der Waals surface area (Å²) >= 11 is 0. The van der Waals surface area contributed by atoms with Crippen LogP contribution < -0.4 is 4.90 Å². The molecule has 0 amide bonds. The van der Waals surface area contributed by atoms with Crippen molar-refractivity contribution in [3.63, 3.8) is 0 Å². The molecule has 0 N–H and O–H groups in total. The van der Waals surface area contributed by atoms with E-state index in [4.69, 9.17) is 9.47 Å². The van der Waals surface area contributed by atoms with E-state index < -0.39 is 0 Å². The first kappa shape index (κ1) is 14.1. The third kappa shape index (κ3) is 3.09. The van der Waals surface area contributed by atoms with Crippen LogP contribution in [0.4, 0.5) is 5.69 Å². The van der Waals surface area contributed by atoms with Gasteiger partial charge in [0.15, 0.2) is 0 Å². The van der Waals surface area contributed by atoms with Crippen molar-refractivity contribution in [1.29, 1.82) is 0 Å². The molecule has 110 valence electrons. The maximum atomic E-state index is 5.99. The van der Waals surface area contributed by atoms with E-state index in [0.717, 1.165) is 5.56 Å². The first-order valence-electron chi connectivity index (χ1n) is 7.31. The molecule has 21 heavy (non-hydrogen) atoms. The monoisotopic (exact) mass is 283 g/mol. The highest BCUT2D eigenvalue weighted by atomic mass is 16.6. The van der Waals surface area contributed by atoms with Crippen LogP contribution in [-0.4, -0.2) is 27.3 Å². The Kier molecular flexibility index (Phi) is 4.23. The van der Waals surface area contributed by atoms with Crippen LogP contribution in [0.5, 0.6) is 0 Å². The molecule has 0 bridgehead atoms. The molecule has 1 fully saturated rings. The third-order valence-electron chi connectivity index (χ3n) is 3.82. The van der Waals surface area contributed by atoms with Crippen LogP contribution in [0.2, 0.25) is 0 Å². The Morgan fingerprint density at radius 3 is 1.81 bits per heavy atom. The summed E-state index contributed by atoms with van der Waals surface area (Å²) in [6, 6.07) is 18.8. The lowest BCUT2D eigenvalue weighted by molar-refractivity contribution is -0.145.